The first-order valence-corrected chi connectivity index (χ1v) is 9.62. The third kappa shape index (κ3) is 3.28. The summed E-state index contributed by atoms with van der Waals surface area (Å²) in [4.78, 5) is 17.2. The van der Waals surface area contributed by atoms with Gasteiger partial charge in [0.2, 0.25) is 0 Å². The van der Waals surface area contributed by atoms with Crippen LogP contribution in [0.3, 0.4) is 0 Å². The van der Waals surface area contributed by atoms with Gasteiger partial charge in [0.05, 0.1) is 0 Å². The minimum absolute atomic E-state index is 0.119. The first-order chi connectivity index (χ1) is 12.4. The average Bonchev–Trinajstić information content (AvgIpc) is 2.59. The second-order valence-corrected chi connectivity index (χ2v) is 8.68. The van der Waals surface area contributed by atoms with Gasteiger partial charge in [0.15, 0.2) is 0 Å². The number of hydrogen-bond donors (Lipinski definition) is 0. The van der Waals surface area contributed by atoms with E-state index in [4.69, 9.17) is 0 Å². The van der Waals surface area contributed by atoms with Gasteiger partial charge in [0.25, 0.3) is 5.91 Å². The van der Waals surface area contributed by atoms with E-state index in [2.05, 4.69) is 62.1 Å². The zero-order valence-corrected chi connectivity index (χ0v) is 16.0. The molecule has 26 heavy (non-hydrogen) atoms. The van der Waals surface area contributed by atoms with Crippen LogP contribution < -0.4 is 0 Å². The predicted octanol–water partition coefficient (Wildman–Crippen LogP) is 3.87. The quantitative estimate of drug-likeness (QED) is 0.823. The Balaban J connectivity index is 1.35. The minimum Gasteiger partial charge on any atom is -0.335 e. The molecular weight excluding hydrogens is 320 g/mol. The summed E-state index contributed by atoms with van der Waals surface area (Å²) in [5.74, 6) is 0.166. The number of fused-ring (bicyclic) bond motifs is 1. The van der Waals surface area contributed by atoms with Crippen molar-refractivity contribution in [3.05, 3.63) is 70.8 Å². The van der Waals surface area contributed by atoms with Crippen molar-refractivity contribution in [2.75, 3.05) is 19.6 Å². The van der Waals surface area contributed by atoms with Crippen LogP contribution in [0.1, 0.15) is 47.8 Å². The molecular formula is C23H28N2O. The maximum absolute atomic E-state index is 12.7. The summed E-state index contributed by atoms with van der Waals surface area (Å²) in [6.45, 7) is 10.4. The molecule has 0 atom stereocenters. The smallest absolute Gasteiger partial charge is 0.253 e. The SMILES string of the molecule is CC(C)(C)c1ccc(C(=O)N2CC(N3CCc4ccccc4C3)C2)cc1. The van der Waals surface area contributed by atoms with E-state index in [-0.39, 0.29) is 11.3 Å². The summed E-state index contributed by atoms with van der Waals surface area (Å²) < 4.78 is 0. The van der Waals surface area contributed by atoms with Crippen molar-refractivity contribution >= 4 is 5.91 Å². The number of carbonyl (C=O) groups excluding carboxylic acids is 1. The zero-order valence-electron chi connectivity index (χ0n) is 16.0. The van der Waals surface area contributed by atoms with Crippen LogP contribution in [0.5, 0.6) is 0 Å². The lowest BCUT2D eigenvalue weighted by Gasteiger charge is -2.47. The first-order valence-electron chi connectivity index (χ1n) is 9.62. The second kappa shape index (κ2) is 6.55. The fraction of sp³-hybridized carbons (Fsp3) is 0.435. The fourth-order valence-electron chi connectivity index (χ4n) is 3.98. The molecule has 1 saturated heterocycles. The molecule has 0 aliphatic carbocycles. The summed E-state index contributed by atoms with van der Waals surface area (Å²) in [5, 5.41) is 0. The number of likely N-dealkylation sites (tertiary alicyclic amines) is 1. The van der Waals surface area contributed by atoms with Gasteiger partial charge in [-0.15, -0.1) is 0 Å². The normalized spacial score (nSPS) is 18.3. The Morgan fingerprint density at radius 3 is 2.27 bits per heavy atom. The number of hydrogen-bond acceptors (Lipinski definition) is 2. The van der Waals surface area contributed by atoms with Crippen molar-refractivity contribution < 1.29 is 4.79 Å². The molecule has 0 spiro atoms. The van der Waals surface area contributed by atoms with Crippen LogP contribution in [-0.4, -0.2) is 41.4 Å². The minimum atomic E-state index is 0.119. The van der Waals surface area contributed by atoms with Gasteiger partial charge in [0, 0.05) is 37.8 Å². The number of benzene rings is 2. The van der Waals surface area contributed by atoms with Gasteiger partial charge < -0.3 is 4.90 Å². The highest BCUT2D eigenvalue weighted by Gasteiger charge is 2.36. The Hall–Kier alpha value is -2.13. The van der Waals surface area contributed by atoms with Crippen LogP contribution in [0.2, 0.25) is 0 Å². The second-order valence-electron chi connectivity index (χ2n) is 8.68. The topological polar surface area (TPSA) is 23.6 Å². The van der Waals surface area contributed by atoms with Crippen molar-refractivity contribution in [3.63, 3.8) is 0 Å². The molecule has 4 rings (SSSR count). The van der Waals surface area contributed by atoms with Crippen molar-refractivity contribution in [3.8, 4) is 0 Å². The molecule has 0 unspecified atom stereocenters. The molecule has 1 amide bonds. The third-order valence-electron chi connectivity index (χ3n) is 5.82. The fourth-order valence-corrected chi connectivity index (χ4v) is 3.98. The van der Waals surface area contributed by atoms with Crippen molar-refractivity contribution in [2.24, 2.45) is 0 Å². The van der Waals surface area contributed by atoms with Gasteiger partial charge in [-0.1, -0.05) is 57.2 Å². The summed E-state index contributed by atoms with van der Waals surface area (Å²) in [6.07, 6.45) is 1.12. The lowest BCUT2D eigenvalue weighted by Crippen LogP contribution is -2.61. The molecule has 0 N–H and O–H groups in total. The van der Waals surface area contributed by atoms with Gasteiger partial charge in [-0.05, 0) is 40.7 Å². The molecule has 3 nitrogen and oxygen atoms in total. The molecule has 2 heterocycles. The van der Waals surface area contributed by atoms with Crippen molar-refractivity contribution in [2.45, 2.75) is 45.2 Å². The van der Waals surface area contributed by atoms with E-state index >= 15 is 0 Å². The molecule has 0 aromatic heterocycles. The van der Waals surface area contributed by atoms with Gasteiger partial charge in [0.1, 0.15) is 0 Å². The first kappa shape index (κ1) is 17.3. The van der Waals surface area contributed by atoms with Crippen LogP contribution >= 0.6 is 0 Å². The van der Waals surface area contributed by atoms with E-state index < -0.39 is 0 Å². The van der Waals surface area contributed by atoms with E-state index in [1.54, 1.807) is 0 Å². The van der Waals surface area contributed by atoms with Crippen LogP contribution in [0.4, 0.5) is 0 Å². The molecule has 0 radical (unpaired) electrons. The molecule has 1 fully saturated rings. The molecule has 2 aliphatic heterocycles. The Morgan fingerprint density at radius 2 is 1.62 bits per heavy atom. The number of carbonyl (C=O) groups is 1. The van der Waals surface area contributed by atoms with E-state index in [1.807, 2.05) is 17.0 Å². The van der Waals surface area contributed by atoms with E-state index in [1.165, 1.54) is 16.7 Å². The van der Waals surface area contributed by atoms with Gasteiger partial charge in [-0.3, -0.25) is 9.69 Å². The van der Waals surface area contributed by atoms with E-state index in [0.29, 0.717) is 6.04 Å². The van der Waals surface area contributed by atoms with E-state index in [0.717, 1.165) is 38.2 Å². The number of nitrogens with zero attached hydrogens (tertiary/aromatic N) is 2. The Bertz CT molecular complexity index is 798. The maximum Gasteiger partial charge on any atom is 0.253 e. The average molecular weight is 348 g/mol. The summed E-state index contributed by atoms with van der Waals surface area (Å²) in [5.41, 5.74) is 5.12. The highest BCUT2D eigenvalue weighted by Crippen LogP contribution is 2.26. The zero-order chi connectivity index (χ0) is 18.3. The highest BCUT2D eigenvalue weighted by molar-refractivity contribution is 5.94. The van der Waals surface area contributed by atoms with Crippen LogP contribution in [0.25, 0.3) is 0 Å². The van der Waals surface area contributed by atoms with Crippen molar-refractivity contribution in [1.29, 1.82) is 0 Å². The molecule has 2 aromatic carbocycles. The van der Waals surface area contributed by atoms with E-state index in [9.17, 15) is 4.79 Å². The number of amides is 1. The van der Waals surface area contributed by atoms with Gasteiger partial charge >= 0.3 is 0 Å². The molecule has 0 saturated carbocycles. The summed E-state index contributed by atoms with van der Waals surface area (Å²) >= 11 is 0. The van der Waals surface area contributed by atoms with Crippen molar-refractivity contribution in [1.82, 2.24) is 9.80 Å². The number of rotatable bonds is 2. The molecule has 2 aromatic rings. The monoisotopic (exact) mass is 348 g/mol. The Morgan fingerprint density at radius 1 is 0.962 bits per heavy atom. The van der Waals surface area contributed by atoms with Gasteiger partial charge in [-0.25, -0.2) is 0 Å². The molecule has 2 aliphatic rings. The lowest BCUT2D eigenvalue weighted by atomic mass is 9.86. The standard InChI is InChI=1S/C23H28N2O/c1-23(2,3)20-10-8-18(9-11-20)22(26)25-15-21(16-25)24-13-12-17-6-4-5-7-19(17)14-24/h4-11,21H,12-16H2,1-3H3. The van der Waals surface area contributed by atoms with Gasteiger partial charge in [-0.2, -0.15) is 0 Å². The molecule has 0 bridgehead atoms. The molecule has 3 heteroatoms. The summed E-state index contributed by atoms with van der Waals surface area (Å²) in [7, 11) is 0. The Kier molecular flexibility index (Phi) is 4.36. The predicted molar refractivity (Wildman–Crippen MR) is 105 cm³/mol. The highest BCUT2D eigenvalue weighted by atomic mass is 16.2. The summed E-state index contributed by atoms with van der Waals surface area (Å²) in [6, 6.07) is 17.4. The van der Waals surface area contributed by atoms with Crippen LogP contribution in [0, 0.1) is 0 Å². The lowest BCUT2D eigenvalue weighted by molar-refractivity contribution is 0.0218. The maximum atomic E-state index is 12.7. The Labute approximate surface area is 156 Å². The van der Waals surface area contributed by atoms with Crippen LogP contribution in [0.15, 0.2) is 48.5 Å². The molecule has 136 valence electrons. The van der Waals surface area contributed by atoms with Crippen LogP contribution in [-0.2, 0) is 18.4 Å². The third-order valence-corrected chi connectivity index (χ3v) is 5.82. The largest absolute Gasteiger partial charge is 0.335 e.